The van der Waals surface area contributed by atoms with Crippen molar-refractivity contribution < 1.29 is 20.1 Å². The van der Waals surface area contributed by atoms with Crippen LogP contribution in [0.3, 0.4) is 0 Å². The summed E-state index contributed by atoms with van der Waals surface area (Å²) in [6, 6.07) is 10.4. The van der Waals surface area contributed by atoms with Crippen LogP contribution in [0.25, 0.3) is 0 Å². The van der Waals surface area contributed by atoms with Crippen LogP contribution in [0.4, 0.5) is 0 Å². The number of carbonyl (C=O) groups is 1. The van der Waals surface area contributed by atoms with Gasteiger partial charge in [-0.1, -0.05) is 56.0 Å². The predicted octanol–water partition coefficient (Wildman–Crippen LogP) is 2.38. The highest BCUT2D eigenvalue weighted by Crippen LogP contribution is 2.12. The monoisotopic (exact) mass is 280 g/mol. The average molecular weight is 280 g/mol. The summed E-state index contributed by atoms with van der Waals surface area (Å²) < 4.78 is 0. The molecule has 1 rings (SSSR count). The van der Waals surface area contributed by atoms with Gasteiger partial charge in [-0.3, -0.25) is 0 Å². The lowest BCUT2D eigenvalue weighted by atomic mass is 10.0. The van der Waals surface area contributed by atoms with E-state index in [2.05, 4.69) is 12.1 Å². The van der Waals surface area contributed by atoms with Gasteiger partial charge in [-0.25, -0.2) is 4.79 Å². The molecule has 0 aliphatic carbocycles. The van der Waals surface area contributed by atoms with Gasteiger partial charge in [0.2, 0.25) is 0 Å². The quantitative estimate of drug-likeness (QED) is 0.575. The predicted molar refractivity (Wildman–Crippen MR) is 77.5 cm³/mol. The molecule has 2 unspecified atom stereocenters. The van der Waals surface area contributed by atoms with Crippen molar-refractivity contribution in [2.24, 2.45) is 0 Å². The van der Waals surface area contributed by atoms with Crippen LogP contribution in [0.2, 0.25) is 0 Å². The number of hydrogen-bond acceptors (Lipinski definition) is 3. The molecule has 1 aromatic carbocycles. The second-order valence-corrected chi connectivity index (χ2v) is 5.14. The molecule has 0 amide bonds. The van der Waals surface area contributed by atoms with Crippen molar-refractivity contribution in [2.75, 3.05) is 0 Å². The van der Waals surface area contributed by atoms with Crippen molar-refractivity contribution in [3.05, 3.63) is 35.9 Å². The van der Waals surface area contributed by atoms with Crippen LogP contribution >= 0.6 is 0 Å². The summed E-state index contributed by atoms with van der Waals surface area (Å²) in [6.45, 7) is 0. The highest BCUT2D eigenvalue weighted by Gasteiger charge is 2.22. The molecule has 0 aliphatic heterocycles. The number of benzene rings is 1. The van der Waals surface area contributed by atoms with Gasteiger partial charge in [-0.2, -0.15) is 0 Å². The molecular weight excluding hydrogens is 256 g/mol. The summed E-state index contributed by atoms with van der Waals surface area (Å²) >= 11 is 0. The summed E-state index contributed by atoms with van der Waals surface area (Å²) in [5.41, 5.74) is 1.35. The number of rotatable bonds is 10. The number of aliphatic hydroxyl groups is 2. The highest BCUT2D eigenvalue weighted by atomic mass is 16.4. The molecule has 0 saturated carbocycles. The molecule has 3 N–H and O–H groups in total. The normalized spacial score (nSPS) is 13.9. The molecule has 0 radical (unpaired) electrons. The van der Waals surface area contributed by atoms with Crippen LogP contribution in [-0.4, -0.2) is 33.5 Å². The van der Waals surface area contributed by atoms with Crippen molar-refractivity contribution in [1.82, 2.24) is 0 Å². The minimum Gasteiger partial charge on any atom is -0.479 e. The van der Waals surface area contributed by atoms with Crippen LogP contribution in [0.5, 0.6) is 0 Å². The Hall–Kier alpha value is -1.39. The molecule has 0 bridgehead atoms. The molecule has 0 fully saturated rings. The number of hydrogen-bond donors (Lipinski definition) is 3. The Morgan fingerprint density at radius 2 is 1.55 bits per heavy atom. The van der Waals surface area contributed by atoms with Gasteiger partial charge >= 0.3 is 5.97 Å². The summed E-state index contributed by atoms with van der Waals surface area (Å²) in [6.07, 6.45) is 3.66. The lowest BCUT2D eigenvalue weighted by Gasteiger charge is -2.13. The first-order valence-electron chi connectivity index (χ1n) is 7.24. The van der Waals surface area contributed by atoms with Crippen LogP contribution in [-0.2, 0) is 11.2 Å². The Kier molecular flexibility index (Phi) is 7.92. The van der Waals surface area contributed by atoms with E-state index in [1.165, 1.54) is 5.56 Å². The van der Waals surface area contributed by atoms with Crippen LogP contribution in [0.15, 0.2) is 30.3 Å². The van der Waals surface area contributed by atoms with E-state index < -0.39 is 18.2 Å². The lowest BCUT2D eigenvalue weighted by molar-refractivity contribution is -0.153. The fraction of sp³-hybridized carbons (Fsp3) is 0.562. The number of carboxylic acid groups (broad SMARTS) is 1. The van der Waals surface area contributed by atoms with Gasteiger partial charge in [0.1, 0.15) is 0 Å². The molecule has 112 valence electrons. The lowest BCUT2D eigenvalue weighted by Crippen LogP contribution is -2.33. The van der Waals surface area contributed by atoms with E-state index in [4.69, 9.17) is 10.2 Å². The average Bonchev–Trinajstić information content (AvgIpc) is 2.46. The molecule has 0 aliphatic rings. The Balaban J connectivity index is 1.99. The van der Waals surface area contributed by atoms with Gasteiger partial charge in [0, 0.05) is 0 Å². The third-order valence-electron chi connectivity index (χ3n) is 3.43. The topological polar surface area (TPSA) is 77.8 Å². The Morgan fingerprint density at radius 3 is 2.20 bits per heavy atom. The molecule has 2 atom stereocenters. The number of aryl methyl sites for hydroxylation is 1. The first-order valence-corrected chi connectivity index (χ1v) is 7.24. The van der Waals surface area contributed by atoms with Crippen molar-refractivity contribution in [2.45, 2.75) is 57.2 Å². The van der Waals surface area contributed by atoms with E-state index in [1.807, 2.05) is 18.2 Å². The van der Waals surface area contributed by atoms with Gasteiger partial charge in [0.05, 0.1) is 6.10 Å². The van der Waals surface area contributed by atoms with E-state index in [-0.39, 0.29) is 0 Å². The number of aliphatic hydroxyl groups excluding tert-OH is 2. The molecule has 0 spiro atoms. The maximum Gasteiger partial charge on any atom is 0.335 e. The third-order valence-corrected chi connectivity index (χ3v) is 3.43. The first-order chi connectivity index (χ1) is 9.61. The Morgan fingerprint density at radius 1 is 0.950 bits per heavy atom. The molecule has 4 heteroatoms. The largest absolute Gasteiger partial charge is 0.479 e. The number of unbranched alkanes of at least 4 members (excludes halogenated alkanes) is 4. The first kappa shape index (κ1) is 16.7. The standard InChI is InChI=1S/C16H24O4/c17-14(15(18)16(19)20)12-8-3-1-2-5-9-13-10-6-4-7-11-13/h4,6-7,10-11,14-15,17-18H,1-3,5,8-9,12H2,(H,19,20). The zero-order valence-electron chi connectivity index (χ0n) is 11.7. The maximum absolute atomic E-state index is 10.4. The van der Waals surface area contributed by atoms with Crippen LogP contribution in [0.1, 0.15) is 44.1 Å². The second kappa shape index (κ2) is 9.50. The van der Waals surface area contributed by atoms with Gasteiger partial charge in [-0.15, -0.1) is 0 Å². The molecular formula is C16H24O4. The van der Waals surface area contributed by atoms with Gasteiger partial charge < -0.3 is 15.3 Å². The van der Waals surface area contributed by atoms with Crippen LogP contribution < -0.4 is 0 Å². The Labute approximate surface area is 120 Å². The van der Waals surface area contributed by atoms with Gasteiger partial charge in [0.25, 0.3) is 0 Å². The minimum absolute atomic E-state index is 0.339. The van der Waals surface area contributed by atoms with Crippen molar-refractivity contribution >= 4 is 5.97 Å². The summed E-state index contributed by atoms with van der Waals surface area (Å²) in [4.78, 5) is 10.4. The van der Waals surface area contributed by atoms with Gasteiger partial charge in [-0.05, 0) is 24.8 Å². The molecule has 20 heavy (non-hydrogen) atoms. The van der Waals surface area contributed by atoms with E-state index in [0.717, 1.165) is 38.5 Å². The number of carboxylic acids is 1. The molecule has 4 nitrogen and oxygen atoms in total. The maximum atomic E-state index is 10.4. The summed E-state index contributed by atoms with van der Waals surface area (Å²) in [5, 5.41) is 27.0. The molecule has 0 aromatic heterocycles. The molecule has 1 aromatic rings. The zero-order valence-corrected chi connectivity index (χ0v) is 11.7. The van der Waals surface area contributed by atoms with Crippen molar-refractivity contribution in [3.63, 3.8) is 0 Å². The minimum atomic E-state index is -1.66. The fourth-order valence-electron chi connectivity index (χ4n) is 2.18. The van der Waals surface area contributed by atoms with Crippen LogP contribution in [0, 0.1) is 0 Å². The van der Waals surface area contributed by atoms with E-state index in [0.29, 0.717) is 6.42 Å². The summed E-state index contributed by atoms with van der Waals surface area (Å²) in [7, 11) is 0. The second-order valence-electron chi connectivity index (χ2n) is 5.14. The molecule has 0 heterocycles. The smallest absolute Gasteiger partial charge is 0.335 e. The van der Waals surface area contributed by atoms with Gasteiger partial charge in [0.15, 0.2) is 6.10 Å². The summed E-state index contributed by atoms with van der Waals surface area (Å²) in [5.74, 6) is -1.36. The van der Waals surface area contributed by atoms with Crippen molar-refractivity contribution in [1.29, 1.82) is 0 Å². The number of aliphatic carboxylic acids is 1. The highest BCUT2D eigenvalue weighted by molar-refractivity contribution is 5.72. The zero-order chi connectivity index (χ0) is 14.8. The SMILES string of the molecule is O=C(O)C(O)C(O)CCCCCCCc1ccccc1. The Bertz CT molecular complexity index is 377. The van der Waals surface area contributed by atoms with E-state index >= 15 is 0 Å². The third kappa shape index (κ3) is 6.68. The van der Waals surface area contributed by atoms with E-state index in [1.54, 1.807) is 0 Å². The fourth-order valence-corrected chi connectivity index (χ4v) is 2.18. The van der Waals surface area contributed by atoms with E-state index in [9.17, 15) is 9.90 Å². The van der Waals surface area contributed by atoms with Crippen molar-refractivity contribution in [3.8, 4) is 0 Å². The molecule has 0 saturated heterocycles.